The van der Waals surface area contributed by atoms with Gasteiger partial charge in [-0.05, 0) is 48.9 Å². The first-order valence-corrected chi connectivity index (χ1v) is 12.7. The van der Waals surface area contributed by atoms with Gasteiger partial charge in [-0.1, -0.05) is 54.6 Å². The van der Waals surface area contributed by atoms with Gasteiger partial charge in [0.2, 0.25) is 15.9 Å². The molecule has 0 unspecified atom stereocenters. The molecule has 2 heterocycles. The summed E-state index contributed by atoms with van der Waals surface area (Å²) >= 11 is 0. The maximum absolute atomic E-state index is 13.6. The Balaban J connectivity index is 1.72. The molecular weight excluding hydrogens is 410 g/mol. The van der Waals surface area contributed by atoms with Crippen LogP contribution in [-0.2, 0) is 21.2 Å². The first-order valence-electron chi connectivity index (χ1n) is 10.8. The predicted octanol–water partition coefficient (Wildman–Crippen LogP) is 2.51. The minimum absolute atomic E-state index is 0.0438. The minimum atomic E-state index is -3.36. The number of rotatable bonds is 6. The van der Waals surface area contributed by atoms with Gasteiger partial charge in [0.1, 0.15) is 5.54 Å². The second kappa shape index (κ2) is 8.37. The van der Waals surface area contributed by atoms with Gasteiger partial charge in [-0.3, -0.25) is 9.69 Å². The molecule has 0 aromatic heterocycles. The van der Waals surface area contributed by atoms with Crippen molar-refractivity contribution in [2.24, 2.45) is 0 Å². The topological polar surface area (TPSA) is 69.7 Å². The van der Waals surface area contributed by atoms with E-state index in [1.807, 2.05) is 24.3 Å². The predicted molar refractivity (Wildman–Crippen MR) is 123 cm³/mol. The van der Waals surface area contributed by atoms with Gasteiger partial charge in [-0.25, -0.2) is 13.1 Å². The van der Waals surface area contributed by atoms with Crippen molar-refractivity contribution < 1.29 is 13.2 Å². The fraction of sp³-hybridized carbons (Fsp3) is 0.458. The Labute approximate surface area is 185 Å². The standard InChI is InChI=1S/C24H31N3O3S/c1-26(2)23(28)24(17-21(25-31(3,29)30)22-13-8-14-27(22)24)16-18-9-7-12-20(15-18)19-10-5-4-6-11-19/h4-7,9-12,15,21-22,25H,8,13-14,16-17H2,1-3H3/t21-,22+,24+/m1/s1. The summed E-state index contributed by atoms with van der Waals surface area (Å²) in [4.78, 5) is 17.5. The third kappa shape index (κ3) is 4.40. The fourth-order valence-corrected chi connectivity index (χ4v) is 6.25. The van der Waals surface area contributed by atoms with Crippen molar-refractivity contribution in [2.45, 2.75) is 43.3 Å². The summed E-state index contributed by atoms with van der Waals surface area (Å²) in [5.74, 6) is 0.0438. The second-order valence-corrected chi connectivity index (χ2v) is 10.9. The summed E-state index contributed by atoms with van der Waals surface area (Å²) in [6.07, 6.45) is 4.11. The van der Waals surface area contributed by atoms with E-state index >= 15 is 0 Å². The molecule has 6 nitrogen and oxygen atoms in total. The highest BCUT2D eigenvalue weighted by atomic mass is 32.2. The largest absolute Gasteiger partial charge is 0.347 e. The SMILES string of the molecule is CN(C)C(=O)[C@]1(Cc2cccc(-c3ccccc3)c2)C[C@@H](NS(C)(=O)=O)[C@@H]2CCCN21. The Morgan fingerprint density at radius 3 is 2.52 bits per heavy atom. The van der Waals surface area contributed by atoms with Crippen LogP contribution in [0.2, 0.25) is 0 Å². The molecule has 2 saturated heterocycles. The average Bonchev–Trinajstić information content (AvgIpc) is 3.31. The lowest BCUT2D eigenvalue weighted by Crippen LogP contribution is -2.57. The molecule has 0 radical (unpaired) electrons. The number of carbonyl (C=O) groups excluding carboxylic acids is 1. The van der Waals surface area contributed by atoms with E-state index in [9.17, 15) is 13.2 Å². The van der Waals surface area contributed by atoms with Crippen molar-refractivity contribution in [3.63, 3.8) is 0 Å². The number of sulfonamides is 1. The van der Waals surface area contributed by atoms with E-state index in [0.717, 1.165) is 36.1 Å². The Morgan fingerprint density at radius 1 is 1.13 bits per heavy atom. The Kier molecular flexibility index (Phi) is 5.94. The van der Waals surface area contributed by atoms with Gasteiger partial charge in [-0.2, -0.15) is 0 Å². The first kappa shape index (κ1) is 22.0. The van der Waals surface area contributed by atoms with Gasteiger partial charge < -0.3 is 4.90 Å². The Morgan fingerprint density at radius 2 is 1.84 bits per heavy atom. The van der Waals surface area contributed by atoms with Crippen LogP contribution in [-0.4, -0.2) is 68.6 Å². The number of likely N-dealkylation sites (N-methyl/N-ethyl adjacent to an activating group) is 1. The highest BCUT2D eigenvalue weighted by molar-refractivity contribution is 7.88. The summed E-state index contributed by atoms with van der Waals surface area (Å²) in [6, 6.07) is 18.3. The van der Waals surface area contributed by atoms with Crippen LogP contribution in [0, 0.1) is 0 Å². The number of hydrogen-bond acceptors (Lipinski definition) is 4. The highest BCUT2D eigenvalue weighted by Crippen LogP contribution is 2.43. The van der Waals surface area contributed by atoms with Gasteiger partial charge in [0, 0.05) is 26.2 Å². The summed E-state index contributed by atoms with van der Waals surface area (Å²) in [5.41, 5.74) is 2.59. The van der Waals surface area contributed by atoms with Crippen LogP contribution in [0.1, 0.15) is 24.8 Å². The average molecular weight is 442 g/mol. The van der Waals surface area contributed by atoms with Crippen LogP contribution in [0.25, 0.3) is 11.1 Å². The van der Waals surface area contributed by atoms with Crippen LogP contribution in [0.3, 0.4) is 0 Å². The van der Waals surface area contributed by atoms with Crippen molar-refractivity contribution in [3.8, 4) is 11.1 Å². The maximum atomic E-state index is 13.6. The third-order valence-electron chi connectivity index (χ3n) is 6.57. The van der Waals surface area contributed by atoms with E-state index in [1.54, 1.807) is 19.0 Å². The molecule has 31 heavy (non-hydrogen) atoms. The normalized spacial score (nSPS) is 26.0. The van der Waals surface area contributed by atoms with Gasteiger partial charge in [-0.15, -0.1) is 0 Å². The van der Waals surface area contributed by atoms with Gasteiger partial charge in [0.25, 0.3) is 0 Å². The molecule has 2 fully saturated rings. The van der Waals surface area contributed by atoms with E-state index in [0.29, 0.717) is 12.8 Å². The summed E-state index contributed by atoms with van der Waals surface area (Å²) in [7, 11) is 0.210. The molecule has 7 heteroatoms. The molecule has 2 aromatic rings. The number of benzene rings is 2. The molecule has 166 valence electrons. The second-order valence-electron chi connectivity index (χ2n) is 9.08. The van der Waals surface area contributed by atoms with Crippen LogP contribution >= 0.6 is 0 Å². The molecule has 0 saturated carbocycles. The molecule has 4 rings (SSSR count). The van der Waals surface area contributed by atoms with Gasteiger partial charge in [0.15, 0.2) is 0 Å². The van der Waals surface area contributed by atoms with Crippen molar-refractivity contribution >= 4 is 15.9 Å². The van der Waals surface area contributed by atoms with Crippen molar-refractivity contribution in [3.05, 3.63) is 60.2 Å². The highest BCUT2D eigenvalue weighted by Gasteiger charge is 2.58. The molecule has 2 aliphatic heterocycles. The maximum Gasteiger partial charge on any atom is 0.242 e. The van der Waals surface area contributed by atoms with E-state index in [4.69, 9.17) is 0 Å². The number of carbonyl (C=O) groups is 1. The van der Waals surface area contributed by atoms with Crippen LogP contribution in [0.5, 0.6) is 0 Å². The lowest BCUT2D eigenvalue weighted by atomic mass is 9.84. The lowest BCUT2D eigenvalue weighted by molar-refractivity contribution is -0.140. The molecular formula is C24H31N3O3S. The molecule has 2 aromatic carbocycles. The van der Waals surface area contributed by atoms with E-state index in [1.165, 1.54) is 6.26 Å². The molecule has 1 N–H and O–H groups in total. The number of nitrogens with zero attached hydrogens (tertiary/aromatic N) is 2. The zero-order chi connectivity index (χ0) is 22.2. The van der Waals surface area contributed by atoms with Crippen molar-refractivity contribution in [1.29, 1.82) is 0 Å². The van der Waals surface area contributed by atoms with E-state index in [-0.39, 0.29) is 18.0 Å². The molecule has 0 spiro atoms. The summed E-state index contributed by atoms with van der Waals surface area (Å²) in [6.45, 7) is 0.810. The Bertz CT molecular complexity index is 1050. The van der Waals surface area contributed by atoms with Crippen molar-refractivity contribution in [1.82, 2.24) is 14.5 Å². The zero-order valence-electron chi connectivity index (χ0n) is 18.4. The number of amides is 1. The smallest absolute Gasteiger partial charge is 0.242 e. The van der Waals surface area contributed by atoms with Gasteiger partial charge in [0.05, 0.1) is 6.26 Å². The first-order chi connectivity index (χ1) is 14.7. The zero-order valence-corrected chi connectivity index (χ0v) is 19.2. The molecule has 0 aliphatic carbocycles. The monoisotopic (exact) mass is 441 g/mol. The summed E-state index contributed by atoms with van der Waals surface area (Å²) in [5, 5.41) is 0. The molecule has 0 bridgehead atoms. The van der Waals surface area contributed by atoms with E-state index in [2.05, 4.69) is 40.0 Å². The number of hydrogen-bond donors (Lipinski definition) is 1. The Hall–Kier alpha value is -2.22. The van der Waals surface area contributed by atoms with Crippen LogP contribution in [0.4, 0.5) is 0 Å². The van der Waals surface area contributed by atoms with Crippen LogP contribution < -0.4 is 4.72 Å². The quantitative estimate of drug-likeness (QED) is 0.748. The summed E-state index contributed by atoms with van der Waals surface area (Å²) < 4.78 is 26.9. The minimum Gasteiger partial charge on any atom is -0.347 e. The number of fused-ring (bicyclic) bond motifs is 1. The molecule has 1 amide bonds. The third-order valence-corrected chi connectivity index (χ3v) is 7.30. The molecule has 2 aliphatic rings. The lowest BCUT2D eigenvalue weighted by Gasteiger charge is -2.39. The fourth-order valence-electron chi connectivity index (χ4n) is 5.46. The van der Waals surface area contributed by atoms with Crippen LogP contribution in [0.15, 0.2) is 54.6 Å². The molecule has 3 atom stereocenters. The van der Waals surface area contributed by atoms with Gasteiger partial charge >= 0.3 is 0 Å². The van der Waals surface area contributed by atoms with E-state index < -0.39 is 15.6 Å². The van der Waals surface area contributed by atoms with Crippen molar-refractivity contribution in [2.75, 3.05) is 26.9 Å². The number of nitrogens with one attached hydrogen (secondary N) is 1.